The molecular formula is C13H26N2. The molecule has 2 fully saturated rings. The molecule has 0 amide bonds. The molecule has 2 nitrogen and oxygen atoms in total. The van der Waals surface area contributed by atoms with Gasteiger partial charge >= 0.3 is 0 Å². The van der Waals surface area contributed by atoms with Gasteiger partial charge in [-0.25, -0.2) is 0 Å². The maximum absolute atomic E-state index is 6.03. The minimum Gasteiger partial charge on any atom is -0.329 e. The summed E-state index contributed by atoms with van der Waals surface area (Å²) in [5.41, 5.74) is 6.43. The molecule has 0 aromatic carbocycles. The molecule has 0 spiro atoms. The SMILES string of the molecule is CCC1CCCCCN1C1(CN)CCC1. The first kappa shape index (κ1) is 11.4. The molecule has 0 aromatic heterocycles. The second kappa shape index (κ2) is 4.84. The molecule has 1 heterocycles. The van der Waals surface area contributed by atoms with Crippen LogP contribution in [0, 0.1) is 0 Å². The molecule has 0 aromatic rings. The zero-order valence-electron chi connectivity index (χ0n) is 10.2. The highest BCUT2D eigenvalue weighted by Gasteiger charge is 2.43. The molecule has 2 N–H and O–H groups in total. The van der Waals surface area contributed by atoms with E-state index in [0.717, 1.165) is 12.6 Å². The number of hydrogen-bond acceptors (Lipinski definition) is 2. The van der Waals surface area contributed by atoms with Crippen molar-refractivity contribution in [2.75, 3.05) is 13.1 Å². The second-order valence-corrected chi connectivity index (χ2v) is 5.39. The van der Waals surface area contributed by atoms with Gasteiger partial charge in [0.15, 0.2) is 0 Å². The molecule has 1 unspecified atom stereocenters. The second-order valence-electron chi connectivity index (χ2n) is 5.39. The van der Waals surface area contributed by atoms with Gasteiger partial charge in [-0.2, -0.15) is 0 Å². The highest BCUT2D eigenvalue weighted by atomic mass is 15.2. The van der Waals surface area contributed by atoms with E-state index in [1.165, 1.54) is 57.9 Å². The molecule has 1 saturated heterocycles. The van der Waals surface area contributed by atoms with Crippen LogP contribution in [0.4, 0.5) is 0 Å². The normalized spacial score (nSPS) is 32.0. The maximum atomic E-state index is 6.03. The highest BCUT2D eigenvalue weighted by molar-refractivity contribution is 5.01. The van der Waals surface area contributed by atoms with Gasteiger partial charge in [-0.15, -0.1) is 0 Å². The van der Waals surface area contributed by atoms with Gasteiger partial charge in [-0.05, 0) is 45.1 Å². The van der Waals surface area contributed by atoms with Gasteiger partial charge in [0.2, 0.25) is 0 Å². The molecule has 2 rings (SSSR count). The van der Waals surface area contributed by atoms with Gasteiger partial charge in [0.1, 0.15) is 0 Å². The van der Waals surface area contributed by atoms with Gasteiger partial charge in [0.25, 0.3) is 0 Å². The summed E-state index contributed by atoms with van der Waals surface area (Å²) >= 11 is 0. The van der Waals surface area contributed by atoms with Gasteiger partial charge in [-0.3, -0.25) is 4.90 Å². The van der Waals surface area contributed by atoms with Crippen LogP contribution in [0.25, 0.3) is 0 Å². The molecule has 1 aliphatic heterocycles. The molecule has 1 saturated carbocycles. The number of rotatable bonds is 3. The van der Waals surface area contributed by atoms with Crippen LogP contribution < -0.4 is 5.73 Å². The standard InChI is InChI=1S/C13H26N2/c1-2-12-7-4-3-5-10-15(12)13(11-14)8-6-9-13/h12H,2-11,14H2,1H3. The van der Waals surface area contributed by atoms with E-state index in [2.05, 4.69) is 11.8 Å². The smallest absolute Gasteiger partial charge is 0.0334 e. The highest BCUT2D eigenvalue weighted by Crippen LogP contribution is 2.40. The zero-order chi connectivity index (χ0) is 10.7. The third-order valence-corrected chi connectivity index (χ3v) is 4.62. The van der Waals surface area contributed by atoms with Crippen molar-refractivity contribution in [2.24, 2.45) is 5.73 Å². The van der Waals surface area contributed by atoms with Crippen LogP contribution in [0.3, 0.4) is 0 Å². The molecule has 0 radical (unpaired) electrons. The number of hydrogen-bond donors (Lipinski definition) is 1. The van der Waals surface area contributed by atoms with Crippen molar-refractivity contribution in [3.63, 3.8) is 0 Å². The van der Waals surface area contributed by atoms with Crippen molar-refractivity contribution in [1.29, 1.82) is 0 Å². The molecule has 0 bridgehead atoms. The Hall–Kier alpha value is -0.0800. The Kier molecular flexibility index (Phi) is 3.68. The van der Waals surface area contributed by atoms with E-state index in [4.69, 9.17) is 5.73 Å². The van der Waals surface area contributed by atoms with Crippen LogP contribution in [0.1, 0.15) is 58.3 Å². The molecular weight excluding hydrogens is 184 g/mol. The van der Waals surface area contributed by atoms with E-state index in [9.17, 15) is 0 Å². The first-order valence-corrected chi connectivity index (χ1v) is 6.79. The fourth-order valence-corrected chi connectivity index (χ4v) is 3.42. The van der Waals surface area contributed by atoms with Gasteiger partial charge in [0, 0.05) is 18.1 Å². The van der Waals surface area contributed by atoms with E-state index in [1.54, 1.807) is 0 Å². The average molecular weight is 210 g/mol. The minimum atomic E-state index is 0.408. The maximum Gasteiger partial charge on any atom is 0.0334 e. The predicted octanol–water partition coefficient (Wildman–Crippen LogP) is 2.52. The number of nitrogens with two attached hydrogens (primary N) is 1. The Balaban J connectivity index is 2.08. The minimum absolute atomic E-state index is 0.408. The Bertz CT molecular complexity index is 193. The fourth-order valence-electron chi connectivity index (χ4n) is 3.42. The van der Waals surface area contributed by atoms with Crippen molar-refractivity contribution in [3.8, 4) is 0 Å². The molecule has 2 heteroatoms. The summed E-state index contributed by atoms with van der Waals surface area (Å²) in [6.07, 6.45) is 11.0. The lowest BCUT2D eigenvalue weighted by Crippen LogP contribution is -2.61. The summed E-state index contributed by atoms with van der Waals surface area (Å²) in [6, 6.07) is 0.816. The van der Waals surface area contributed by atoms with E-state index >= 15 is 0 Å². The predicted molar refractivity (Wildman–Crippen MR) is 64.9 cm³/mol. The summed E-state index contributed by atoms with van der Waals surface area (Å²) in [4.78, 5) is 2.78. The van der Waals surface area contributed by atoms with Crippen molar-refractivity contribution in [1.82, 2.24) is 4.90 Å². The molecule has 2 aliphatic rings. The lowest BCUT2D eigenvalue weighted by Gasteiger charge is -2.52. The van der Waals surface area contributed by atoms with E-state index < -0.39 is 0 Å². The Labute approximate surface area is 94.2 Å². The van der Waals surface area contributed by atoms with Crippen LogP contribution in [-0.4, -0.2) is 29.6 Å². The Morgan fingerprint density at radius 3 is 2.53 bits per heavy atom. The topological polar surface area (TPSA) is 29.3 Å². The number of likely N-dealkylation sites (tertiary alicyclic amines) is 1. The fraction of sp³-hybridized carbons (Fsp3) is 1.00. The van der Waals surface area contributed by atoms with Crippen LogP contribution in [0.15, 0.2) is 0 Å². The summed E-state index contributed by atoms with van der Waals surface area (Å²) in [5.74, 6) is 0. The van der Waals surface area contributed by atoms with Gasteiger partial charge in [-0.1, -0.05) is 19.8 Å². The molecule has 1 atom stereocenters. The Morgan fingerprint density at radius 1 is 1.20 bits per heavy atom. The first-order chi connectivity index (χ1) is 7.32. The van der Waals surface area contributed by atoms with E-state index in [0.29, 0.717) is 5.54 Å². The quantitative estimate of drug-likeness (QED) is 0.775. The summed E-state index contributed by atoms with van der Waals surface area (Å²) in [5, 5.41) is 0. The van der Waals surface area contributed by atoms with Crippen LogP contribution in [-0.2, 0) is 0 Å². The first-order valence-electron chi connectivity index (χ1n) is 6.79. The van der Waals surface area contributed by atoms with Crippen molar-refractivity contribution < 1.29 is 0 Å². The lowest BCUT2D eigenvalue weighted by molar-refractivity contribution is -0.0104. The van der Waals surface area contributed by atoms with Crippen LogP contribution in [0.2, 0.25) is 0 Å². The summed E-state index contributed by atoms with van der Waals surface area (Å²) < 4.78 is 0. The van der Waals surface area contributed by atoms with Crippen molar-refractivity contribution in [3.05, 3.63) is 0 Å². The zero-order valence-corrected chi connectivity index (χ0v) is 10.2. The van der Waals surface area contributed by atoms with Crippen molar-refractivity contribution in [2.45, 2.75) is 69.9 Å². The van der Waals surface area contributed by atoms with Crippen molar-refractivity contribution >= 4 is 0 Å². The Morgan fingerprint density at radius 2 is 2.00 bits per heavy atom. The largest absolute Gasteiger partial charge is 0.329 e. The summed E-state index contributed by atoms with van der Waals surface area (Å²) in [6.45, 7) is 4.52. The van der Waals surface area contributed by atoms with Crippen LogP contribution in [0.5, 0.6) is 0 Å². The van der Waals surface area contributed by atoms with Crippen LogP contribution >= 0.6 is 0 Å². The molecule has 15 heavy (non-hydrogen) atoms. The third kappa shape index (κ3) is 2.07. The number of nitrogens with zero attached hydrogens (tertiary/aromatic N) is 1. The third-order valence-electron chi connectivity index (χ3n) is 4.62. The van der Waals surface area contributed by atoms with Gasteiger partial charge < -0.3 is 5.73 Å². The summed E-state index contributed by atoms with van der Waals surface area (Å²) in [7, 11) is 0. The van der Waals surface area contributed by atoms with E-state index in [1.807, 2.05) is 0 Å². The lowest BCUT2D eigenvalue weighted by atomic mass is 9.74. The van der Waals surface area contributed by atoms with E-state index in [-0.39, 0.29) is 0 Å². The average Bonchev–Trinajstić information content (AvgIpc) is 2.43. The monoisotopic (exact) mass is 210 g/mol. The molecule has 1 aliphatic carbocycles. The van der Waals surface area contributed by atoms with Gasteiger partial charge in [0.05, 0.1) is 0 Å². The molecule has 88 valence electrons.